The topological polar surface area (TPSA) is 106 Å². The molecule has 0 aliphatic carbocycles. The zero-order valence-corrected chi connectivity index (χ0v) is 18.1. The predicted molar refractivity (Wildman–Crippen MR) is 113 cm³/mol. The van der Waals surface area contributed by atoms with Crippen molar-refractivity contribution in [2.24, 2.45) is 4.99 Å². The zero-order chi connectivity index (χ0) is 21.0. The lowest BCUT2D eigenvalue weighted by Gasteiger charge is -2.23. The highest BCUT2D eigenvalue weighted by atomic mass is 35.5. The summed E-state index contributed by atoms with van der Waals surface area (Å²) < 4.78 is 34.8. The Hall–Kier alpha value is -2.24. The highest BCUT2D eigenvalue weighted by Gasteiger charge is 2.45. The van der Waals surface area contributed by atoms with Crippen LogP contribution in [-0.4, -0.2) is 50.8 Å². The number of nitrogens with zero attached hydrogens (tertiary/aromatic N) is 4. The van der Waals surface area contributed by atoms with Crippen molar-refractivity contribution in [1.82, 2.24) is 14.7 Å². The number of carbonyl (C=O) groups excluding carboxylic acids is 1. The van der Waals surface area contributed by atoms with E-state index in [0.717, 1.165) is 4.68 Å². The van der Waals surface area contributed by atoms with Gasteiger partial charge >= 0.3 is 6.09 Å². The Morgan fingerprint density at radius 3 is 2.83 bits per heavy atom. The van der Waals surface area contributed by atoms with Crippen molar-refractivity contribution in [3.63, 3.8) is 0 Å². The summed E-state index contributed by atoms with van der Waals surface area (Å²) in [7, 11) is -3.87. The van der Waals surface area contributed by atoms with Crippen molar-refractivity contribution in [2.75, 3.05) is 4.72 Å². The highest BCUT2D eigenvalue weighted by Crippen LogP contribution is 2.35. The molecular formula is C17H18ClN5O4S2. The fourth-order valence-corrected chi connectivity index (χ4v) is 5.87. The number of sulfonamides is 1. The molecule has 29 heavy (non-hydrogen) atoms. The summed E-state index contributed by atoms with van der Waals surface area (Å²) in [5.74, 6) is 0. The Morgan fingerprint density at radius 2 is 2.10 bits per heavy atom. The molecule has 2 atom stereocenters. The summed E-state index contributed by atoms with van der Waals surface area (Å²) in [6.45, 7) is 5.29. The molecule has 0 fully saturated rings. The first kappa shape index (κ1) is 20.0. The molecule has 2 aromatic rings. The van der Waals surface area contributed by atoms with Crippen molar-refractivity contribution in [3.05, 3.63) is 36.0 Å². The molecule has 1 N–H and O–H groups in total. The second-order valence-electron chi connectivity index (χ2n) is 7.44. The lowest BCUT2D eigenvalue weighted by Crippen LogP contribution is -2.42. The van der Waals surface area contributed by atoms with Crippen LogP contribution < -0.4 is 4.72 Å². The van der Waals surface area contributed by atoms with Gasteiger partial charge in [-0.25, -0.2) is 18.2 Å². The van der Waals surface area contributed by atoms with Crippen LogP contribution in [0.4, 0.5) is 10.5 Å². The molecule has 0 saturated heterocycles. The molecule has 0 radical (unpaired) electrons. The zero-order valence-electron chi connectivity index (χ0n) is 15.7. The quantitative estimate of drug-likeness (QED) is 0.558. The molecule has 0 saturated carbocycles. The van der Waals surface area contributed by atoms with Gasteiger partial charge in [0.25, 0.3) is 10.0 Å². The van der Waals surface area contributed by atoms with Crippen LogP contribution in [0.25, 0.3) is 10.9 Å². The van der Waals surface area contributed by atoms with E-state index < -0.39 is 32.6 Å². The second kappa shape index (κ2) is 6.92. The molecule has 2 unspecified atom stereocenters. The predicted octanol–water partition coefficient (Wildman–Crippen LogP) is 3.34. The van der Waals surface area contributed by atoms with E-state index in [9.17, 15) is 13.2 Å². The number of rotatable bonds is 3. The van der Waals surface area contributed by atoms with E-state index in [1.165, 1.54) is 22.9 Å². The van der Waals surface area contributed by atoms with Crippen LogP contribution in [-0.2, 0) is 14.8 Å². The molecule has 1 aromatic carbocycles. The van der Waals surface area contributed by atoms with E-state index in [2.05, 4.69) is 14.8 Å². The van der Waals surface area contributed by atoms with Gasteiger partial charge in [-0.3, -0.25) is 4.72 Å². The van der Waals surface area contributed by atoms with Crippen LogP contribution in [0.15, 0.2) is 41.0 Å². The first-order valence-electron chi connectivity index (χ1n) is 8.61. The van der Waals surface area contributed by atoms with Crippen LogP contribution >= 0.6 is 23.4 Å². The van der Waals surface area contributed by atoms with Gasteiger partial charge in [-0.05, 0) is 44.4 Å². The Bertz CT molecular complexity index is 1150. The van der Waals surface area contributed by atoms with Gasteiger partial charge in [0.15, 0.2) is 16.0 Å². The smallest absolute Gasteiger partial charge is 0.435 e. The molecular weight excluding hydrogens is 438 g/mol. The Labute approximate surface area is 176 Å². The van der Waals surface area contributed by atoms with Gasteiger partial charge in [-0.2, -0.15) is 9.78 Å². The van der Waals surface area contributed by atoms with E-state index in [0.29, 0.717) is 21.8 Å². The van der Waals surface area contributed by atoms with Gasteiger partial charge in [0.1, 0.15) is 5.60 Å². The summed E-state index contributed by atoms with van der Waals surface area (Å²) in [4.78, 5) is 18.0. The number of ether oxygens (including phenoxy) is 1. The van der Waals surface area contributed by atoms with Gasteiger partial charge in [-0.15, -0.1) is 0 Å². The molecule has 1 aromatic heterocycles. The standard InChI is InChI=1S/C17H18ClN5O4S2/c1-17(2,3)27-16(24)23-12-5-4-11(8-10(12)9-19-23)21-29(25,26)14-13(18)20-15-22(14)6-7-28-15/h4-9,13-14,21H,1-3H3. The number of amidine groups is 1. The molecule has 0 spiro atoms. The van der Waals surface area contributed by atoms with Gasteiger partial charge in [-0.1, -0.05) is 23.4 Å². The number of thioether (sulfide) groups is 1. The largest absolute Gasteiger partial charge is 0.442 e. The first-order chi connectivity index (χ1) is 13.5. The van der Waals surface area contributed by atoms with Crippen molar-refractivity contribution in [2.45, 2.75) is 37.2 Å². The Balaban J connectivity index is 1.58. The minimum atomic E-state index is -3.87. The fourth-order valence-electron chi connectivity index (χ4n) is 2.94. The van der Waals surface area contributed by atoms with E-state index >= 15 is 0 Å². The Kier molecular flexibility index (Phi) is 4.79. The third kappa shape index (κ3) is 3.81. The van der Waals surface area contributed by atoms with Crippen molar-refractivity contribution < 1.29 is 17.9 Å². The molecule has 2 aliphatic heterocycles. The van der Waals surface area contributed by atoms with Crippen LogP contribution in [0, 0.1) is 0 Å². The van der Waals surface area contributed by atoms with Gasteiger partial charge in [0, 0.05) is 17.3 Å². The molecule has 9 nitrogen and oxygen atoms in total. The minimum Gasteiger partial charge on any atom is -0.442 e. The lowest BCUT2D eigenvalue weighted by molar-refractivity contribution is 0.0522. The van der Waals surface area contributed by atoms with Crippen LogP contribution in [0.1, 0.15) is 20.8 Å². The molecule has 0 bridgehead atoms. The number of nitrogens with one attached hydrogen (secondary N) is 1. The number of alkyl halides is 1. The average molecular weight is 456 g/mol. The third-order valence-electron chi connectivity index (χ3n) is 4.07. The van der Waals surface area contributed by atoms with Crippen molar-refractivity contribution >= 4 is 61.2 Å². The number of benzene rings is 1. The summed E-state index contributed by atoms with van der Waals surface area (Å²) in [6, 6.07) is 4.75. The normalized spacial score (nSPS) is 21.4. The van der Waals surface area contributed by atoms with Gasteiger partial charge < -0.3 is 9.64 Å². The maximum Gasteiger partial charge on any atom is 0.435 e. The van der Waals surface area contributed by atoms with E-state index in [1.54, 1.807) is 50.6 Å². The first-order valence-corrected chi connectivity index (χ1v) is 11.5. The fraction of sp³-hybridized carbons (Fsp3) is 0.353. The number of hydrogen-bond acceptors (Lipinski definition) is 8. The molecule has 12 heteroatoms. The molecule has 3 heterocycles. The van der Waals surface area contributed by atoms with Crippen LogP contribution in [0.5, 0.6) is 0 Å². The van der Waals surface area contributed by atoms with E-state index in [-0.39, 0.29) is 0 Å². The number of fused-ring (bicyclic) bond motifs is 2. The number of hydrogen-bond donors (Lipinski definition) is 1. The number of carbonyl (C=O) groups is 1. The average Bonchev–Trinajstić information content (AvgIpc) is 3.25. The van der Waals surface area contributed by atoms with Crippen molar-refractivity contribution in [1.29, 1.82) is 0 Å². The monoisotopic (exact) mass is 455 g/mol. The summed E-state index contributed by atoms with van der Waals surface area (Å²) in [5, 5.41) is 5.89. The van der Waals surface area contributed by atoms with Crippen molar-refractivity contribution in [3.8, 4) is 0 Å². The van der Waals surface area contributed by atoms with E-state index in [4.69, 9.17) is 16.3 Å². The van der Waals surface area contributed by atoms with Crippen LogP contribution in [0.2, 0.25) is 0 Å². The van der Waals surface area contributed by atoms with Gasteiger partial charge in [0.05, 0.1) is 11.7 Å². The van der Waals surface area contributed by atoms with Crippen LogP contribution in [0.3, 0.4) is 0 Å². The second-order valence-corrected chi connectivity index (χ2v) is 10.5. The molecule has 154 valence electrons. The summed E-state index contributed by atoms with van der Waals surface area (Å²) >= 11 is 7.47. The number of aliphatic imine (C=N–C) groups is 1. The summed E-state index contributed by atoms with van der Waals surface area (Å²) in [6.07, 6.45) is 2.50. The maximum absolute atomic E-state index is 12.9. The molecule has 0 amide bonds. The van der Waals surface area contributed by atoms with E-state index in [1.807, 2.05) is 0 Å². The highest BCUT2D eigenvalue weighted by molar-refractivity contribution is 8.16. The summed E-state index contributed by atoms with van der Waals surface area (Å²) in [5.41, 5.74) is -0.746. The minimum absolute atomic E-state index is 0.328. The number of aromatic nitrogens is 2. The number of halogens is 1. The molecule has 2 aliphatic rings. The molecule has 4 rings (SSSR count). The lowest BCUT2D eigenvalue weighted by atomic mass is 10.2. The van der Waals surface area contributed by atoms with Gasteiger partial charge in [0.2, 0.25) is 0 Å². The maximum atomic E-state index is 12.9. The number of anilines is 1. The SMILES string of the molecule is CC(C)(C)OC(=O)n1ncc2cc(NS(=O)(=O)C3C(Cl)N=C4SC=CN43)ccc21. The third-order valence-corrected chi connectivity index (χ3v) is 6.98. The Morgan fingerprint density at radius 1 is 1.34 bits per heavy atom.